The molecule has 0 spiro atoms. The molecule has 1 aromatic heterocycles. The number of hydrogen-bond donors (Lipinski definition) is 1. The Morgan fingerprint density at radius 3 is 2.28 bits per heavy atom. The Morgan fingerprint density at radius 1 is 1.11 bits per heavy atom. The van der Waals surface area contributed by atoms with Crippen molar-refractivity contribution in [2.24, 2.45) is 0 Å². The van der Waals surface area contributed by atoms with Gasteiger partial charge in [-0.05, 0) is 37.5 Å². The second-order valence-electron chi connectivity index (χ2n) is 5.03. The number of nitrogens with one attached hydrogen (secondary N) is 1. The third-order valence-electron chi connectivity index (χ3n) is 2.98. The van der Waals surface area contributed by atoms with E-state index in [1.165, 1.54) is 16.7 Å². The lowest BCUT2D eigenvalue weighted by Crippen LogP contribution is -1.99. The van der Waals surface area contributed by atoms with Crippen molar-refractivity contribution in [3.8, 4) is 11.3 Å². The van der Waals surface area contributed by atoms with Gasteiger partial charge >= 0.3 is 0 Å². The van der Waals surface area contributed by atoms with Crippen LogP contribution in [0.25, 0.3) is 11.3 Å². The van der Waals surface area contributed by atoms with Crippen LogP contribution in [0.5, 0.6) is 0 Å². The highest BCUT2D eigenvalue weighted by Crippen LogP contribution is 2.28. The smallest absolute Gasteiger partial charge is 0.133 e. The molecule has 2 nitrogen and oxygen atoms in total. The highest BCUT2D eigenvalue weighted by atomic mass is 32.1. The zero-order valence-electron chi connectivity index (χ0n) is 11.2. The molecule has 2 aromatic rings. The van der Waals surface area contributed by atoms with Crippen molar-refractivity contribution in [2.75, 3.05) is 0 Å². The van der Waals surface area contributed by atoms with Crippen molar-refractivity contribution in [2.45, 2.75) is 33.6 Å². The Bertz CT molecular complexity index is 606. The molecule has 0 fully saturated rings. The summed E-state index contributed by atoms with van der Waals surface area (Å²) in [4.78, 5) is 7.44. The van der Waals surface area contributed by atoms with Gasteiger partial charge in [-0.25, -0.2) is 4.98 Å². The van der Waals surface area contributed by atoms with Crippen LogP contribution in [-0.2, 0) is 0 Å². The molecule has 0 amide bonds. The van der Waals surface area contributed by atoms with Crippen LogP contribution in [0.2, 0.25) is 0 Å². The Balaban J connectivity index is 2.71. The molecule has 0 aliphatic rings. The number of nitrogens with zero attached hydrogens (tertiary/aromatic N) is 1. The highest BCUT2D eigenvalue weighted by Gasteiger charge is 2.12. The van der Waals surface area contributed by atoms with Crippen LogP contribution < -0.4 is 0 Å². The van der Waals surface area contributed by atoms with Crippen LogP contribution >= 0.6 is 12.2 Å². The second kappa shape index (κ2) is 5.02. The lowest BCUT2D eigenvalue weighted by atomic mass is 9.96. The van der Waals surface area contributed by atoms with Crippen molar-refractivity contribution >= 4 is 12.2 Å². The van der Waals surface area contributed by atoms with Gasteiger partial charge in [-0.3, -0.25) is 0 Å². The van der Waals surface area contributed by atoms with Crippen LogP contribution in [0.4, 0.5) is 0 Å². The Kier molecular flexibility index (Phi) is 3.62. The van der Waals surface area contributed by atoms with Gasteiger partial charge in [0, 0.05) is 5.56 Å². The van der Waals surface area contributed by atoms with Gasteiger partial charge in [0.1, 0.15) is 4.64 Å². The number of hydrogen-bond acceptors (Lipinski definition) is 2. The molecule has 1 heterocycles. The minimum Gasteiger partial charge on any atom is -0.346 e. The molecule has 0 saturated carbocycles. The van der Waals surface area contributed by atoms with E-state index in [4.69, 9.17) is 12.2 Å². The quantitative estimate of drug-likeness (QED) is 0.801. The first kappa shape index (κ1) is 13.0. The van der Waals surface area contributed by atoms with Gasteiger partial charge in [0.2, 0.25) is 0 Å². The topological polar surface area (TPSA) is 28.7 Å². The summed E-state index contributed by atoms with van der Waals surface area (Å²) in [6.07, 6.45) is 1.68. The number of rotatable bonds is 2. The van der Waals surface area contributed by atoms with Gasteiger partial charge in [0.15, 0.2) is 0 Å². The van der Waals surface area contributed by atoms with Crippen LogP contribution in [0, 0.1) is 18.5 Å². The fourth-order valence-electron chi connectivity index (χ4n) is 2.30. The summed E-state index contributed by atoms with van der Waals surface area (Å²) in [5, 5.41) is 0. The lowest BCUT2D eigenvalue weighted by Gasteiger charge is -2.13. The summed E-state index contributed by atoms with van der Waals surface area (Å²) < 4.78 is 0.693. The SMILES string of the molecule is Cc1cc(C)cc(-c2[nH]cnc(=S)c2C(C)C)c1. The van der Waals surface area contributed by atoms with Crippen molar-refractivity contribution in [3.63, 3.8) is 0 Å². The minimum atomic E-state index is 0.360. The van der Waals surface area contributed by atoms with E-state index >= 15 is 0 Å². The van der Waals surface area contributed by atoms with Gasteiger partial charge in [-0.2, -0.15) is 0 Å². The monoisotopic (exact) mass is 258 g/mol. The van der Waals surface area contributed by atoms with Crippen LogP contribution in [0.15, 0.2) is 24.5 Å². The number of benzene rings is 1. The third kappa shape index (κ3) is 2.51. The van der Waals surface area contributed by atoms with Crippen LogP contribution in [0.3, 0.4) is 0 Å². The molecule has 1 N–H and O–H groups in total. The number of aromatic amines is 1. The third-order valence-corrected chi connectivity index (χ3v) is 3.30. The normalized spacial score (nSPS) is 10.9. The van der Waals surface area contributed by atoms with Crippen molar-refractivity contribution in [1.29, 1.82) is 0 Å². The Labute approximate surface area is 113 Å². The number of aryl methyl sites for hydroxylation is 2. The van der Waals surface area contributed by atoms with Crippen molar-refractivity contribution in [3.05, 3.63) is 45.9 Å². The Hall–Kier alpha value is -1.48. The number of H-pyrrole nitrogens is 1. The van der Waals surface area contributed by atoms with Gasteiger partial charge in [-0.15, -0.1) is 0 Å². The second-order valence-corrected chi connectivity index (χ2v) is 5.41. The van der Waals surface area contributed by atoms with Gasteiger partial charge in [0.25, 0.3) is 0 Å². The van der Waals surface area contributed by atoms with E-state index < -0.39 is 0 Å². The van der Waals surface area contributed by atoms with Crippen molar-refractivity contribution < 1.29 is 0 Å². The molecule has 3 heteroatoms. The molecule has 0 aliphatic heterocycles. The number of aromatic nitrogens is 2. The summed E-state index contributed by atoms with van der Waals surface area (Å²) in [5.41, 5.74) is 5.92. The first-order valence-corrected chi connectivity index (χ1v) is 6.56. The molecule has 0 saturated heterocycles. The van der Waals surface area contributed by atoms with E-state index in [9.17, 15) is 0 Å². The van der Waals surface area contributed by atoms with Gasteiger partial charge < -0.3 is 4.98 Å². The predicted molar refractivity (Wildman–Crippen MR) is 78.4 cm³/mol. The van der Waals surface area contributed by atoms with E-state index in [0.29, 0.717) is 10.6 Å². The first-order valence-electron chi connectivity index (χ1n) is 6.15. The maximum Gasteiger partial charge on any atom is 0.133 e. The van der Waals surface area contributed by atoms with Gasteiger partial charge in [-0.1, -0.05) is 43.3 Å². The standard InChI is InChI=1S/C15H18N2S/c1-9(2)13-14(16-8-17-15(13)18)12-6-10(3)5-11(4)7-12/h5-9H,1-4H3,(H,16,17,18). The predicted octanol–water partition coefficient (Wildman–Crippen LogP) is 4.55. The maximum atomic E-state index is 5.35. The maximum absolute atomic E-state index is 5.35. The van der Waals surface area contributed by atoms with E-state index in [1.807, 2.05) is 0 Å². The minimum absolute atomic E-state index is 0.360. The zero-order valence-corrected chi connectivity index (χ0v) is 12.1. The van der Waals surface area contributed by atoms with E-state index in [2.05, 4.69) is 55.9 Å². The van der Waals surface area contributed by atoms with E-state index in [1.54, 1.807) is 6.33 Å². The van der Waals surface area contributed by atoms with Crippen LogP contribution in [-0.4, -0.2) is 9.97 Å². The lowest BCUT2D eigenvalue weighted by molar-refractivity contribution is 0.843. The fourth-order valence-corrected chi connectivity index (χ4v) is 2.69. The molecule has 0 aliphatic carbocycles. The Morgan fingerprint density at radius 2 is 1.72 bits per heavy atom. The summed E-state index contributed by atoms with van der Waals surface area (Å²) in [6.45, 7) is 8.52. The summed E-state index contributed by atoms with van der Waals surface area (Å²) in [5.74, 6) is 0.360. The average molecular weight is 258 g/mol. The molecule has 0 bridgehead atoms. The molecule has 0 radical (unpaired) electrons. The largest absolute Gasteiger partial charge is 0.346 e. The van der Waals surface area contributed by atoms with E-state index in [0.717, 1.165) is 11.3 Å². The molecule has 1 aromatic carbocycles. The van der Waals surface area contributed by atoms with E-state index in [-0.39, 0.29) is 0 Å². The molecular formula is C15H18N2S. The molecular weight excluding hydrogens is 240 g/mol. The van der Waals surface area contributed by atoms with Crippen molar-refractivity contribution in [1.82, 2.24) is 9.97 Å². The molecule has 94 valence electrons. The average Bonchev–Trinajstić information content (AvgIpc) is 2.26. The zero-order chi connectivity index (χ0) is 13.3. The molecule has 2 rings (SSSR count). The molecule has 0 unspecified atom stereocenters. The summed E-state index contributed by atoms with van der Waals surface area (Å²) in [6, 6.07) is 6.54. The highest BCUT2D eigenvalue weighted by molar-refractivity contribution is 7.71. The summed E-state index contributed by atoms with van der Waals surface area (Å²) >= 11 is 5.35. The fraction of sp³-hybridized carbons (Fsp3) is 0.333. The van der Waals surface area contributed by atoms with Crippen LogP contribution in [0.1, 0.15) is 36.5 Å². The summed E-state index contributed by atoms with van der Waals surface area (Å²) in [7, 11) is 0. The molecule has 0 atom stereocenters. The van der Waals surface area contributed by atoms with Gasteiger partial charge in [0.05, 0.1) is 12.0 Å². The molecule has 18 heavy (non-hydrogen) atoms. The first-order chi connectivity index (χ1) is 8.49.